The number of nitrogens with one attached hydrogen (secondary N) is 5. The second-order valence-corrected chi connectivity index (χ2v) is 7.58. The van der Waals surface area contributed by atoms with Crippen molar-refractivity contribution in [3.8, 4) is 5.75 Å². The molecule has 1 aliphatic rings. The Kier molecular flexibility index (Phi) is 6.26. The number of methoxy groups -OCH3 is 1. The Morgan fingerprint density at radius 2 is 1.59 bits per heavy atom. The van der Waals surface area contributed by atoms with E-state index in [-0.39, 0.29) is 29.7 Å². The number of amides is 3. The minimum absolute atomic E-state index is 0.0252. The van der Waals surface area contributed by atoms with Gasteiger partial charge in [-0.05, 0) is 48.5 Å². The molecule has 4 rings (SSSR count). The van der Waals surface area contributed by atoms with Gasteiger partial charge in [-0.2, -0.15) is 4.98 Å². The van der Waals surface area contributed by atoms with Crippen LogP contribution < -0.4 is 31.6 Å². The Morgan fingerprint density at radius 1 is 0.971 bits per heavy atom. The van der Waals surface area contributed by atoms with Crippen LogP contribution in [-0.4, -0.2) is 34.8 Å². The minimum Gasteiger partial charge on any atom is -0.497 e. The summed E-state index contributed by atoms with van der Waals surface area (Å²) in [5, 5.41) is 10.9. The average Bonchev–Trinajstić information content (AvgIpc) is 2.79. The predicted molar refractivity (Wildman–Crippen MR) is 126 cm³/mol. The fourth-order valence-electron chi connectivity index (χ4n) is 3.54. The molecule has 11 heteroatoms. The monoisotopic (exact) mass is 462 g/mol. The number of aromatic nitrogens is 2. The van der Waals surface area contributed by atoms with E-state index in [2.05, 4.69) is 31.2 Å². The maximum Gasteiger partial charge on any atom is 0.258 e. The van der Waals surface area contributed by atoms with E-state index in [0.29, 0.717) is 22.8 Å². The van der Waals surface area contributed by atoms with Crippen LogP contribution in [0.1, 0.15) is 24.8 Å². The highest BCUT2D eigenvalue weighted by molar-refractivity contribution is 6.04. The second kappa shape index (κ2) is 9.45. The van der Waals surface area contributed by atoms with Crippen molar-refractivity contribution in [3.63, 3.8) is 0 Å². The molecular formula is C23H22N6O5. The molecule has 0 spiro atoms. The van der Waals surface area contributed by atoms with E-state index in [9.17, 15) is 19.2 Å². The first-order valence-electron chi connectivity index (χ1n) is 10.4. The summed E-state index contributed by atoms with van der Waals surface area (Å²) in [7, 11) is 1.56. The molecular weight excluding hydrogens is 440 g/mol. The quantitative estimate of drug-likeness (QED) is 0.377. The molecule has 1 aliphatic heterocycles. The third-order valence-corrected chi connectivity index (χ3v) is 5.09. The number of H-pyrrole nitrogens is 1. The molecule has 5 N–H and O–H groups in total. The SMILES string of the molecule is COc1ccc(Nc2nc3c(c(=O)[nH]2)C(C(=O)Nc2ccc(NC(C)=O)cc2)CC(=O)N3)cc1. The number of carbonyl (C=O) groups is 3. The van der Waals surface area contributed by atoms with E-state index >= 15 is 0 Å². The van der Waals surface area contributed by atoms with Gasteiger partial charge in [0.1, 0.15) is 11.6 Å². The standard InChI is InChI=1S/C23H22N6O5/c1-12(30)24-13-3-5-14(6-4-13)25-21(32)17-11-18(31)27-20-19(17)22(33)29-23(28-20)26-15-7-9-16(34-2)10-8-15/h3-10,17H,11H2,1-2H3,(H,24,30)(H,25,32)(H3,26,27,28,29,31,33). The van der Waals surface area contributed by atoms with Crippen molar-refractivity contribution in [2.75, 3.05) is 28.4 Å². The minimum atomic E-state index is -1.02. The third kappa shape index (κ3) is 5.04. The molecule has 0 saturated carbocycles. The number of hydrogen-bond acceptors (Lipinski definition) is 7. The van der Waals surface area contributed by atoms with Gasteiger partial charge in [-0.3, -0.25) is 24.2 Å². The number of aromatic amines is 1. The molecule has 34 heavy (non-hydrogen) atoms. The van der Waals surface area contributed by atoms with Crippen LogP contribution in [0.15, 0.2) is 53.3 Å². The van der Waals surface area contributed by atoms with Crippen molar-refractivity contribution >= 4 is 46.5 Å². The fourth-order valence-corrected chi connectivity index (χ4v) is 3.54. The van der Waals surface area contributed by atoms with Crippen molar-refractivity contribution < 1.29 is 19.1 Å². The Bertz CT molecular complexity index is 1300. The lowest BCUT2D eigenvalue weighted by Crippen LogP contribution is -2.36. The lowest BCUT2D eigenvalue weighted by atomic mass is 9.92. The first-order chi connectivity index (χ1) is 16.3. The Balaban J connectivity index is 1.55. The van der Waals surface area contributed by atoms with E-state index in [1.807, 2.05) is 0 Å². The van der Waals surface area contributed by atoms with Gasteiger partial charge in [0.15, 0.2) is 0 Å². The first kappa shape index (κ1) is 22.5. The van der Waals surface area contributed by atoms with Gasteiger partial charge in [-0.25, -0.2) is 0 Å². The molecule has 1 atom stereocenters. The first-order valence-corrected chi connectivity index (χ1v) is 10.4. The second-order valence-electron chi connectivity index (χ2n) is 7.58. The summed E-state index contributed by atoms with van der Waals surface area (Å²) in [6.45, 7) is 1.39. The van der Waals surface area contributed by atoms with Crippen LogP contribution >= 0.6 is 0 Å². The normalized spacial score (nSPS) is 14.4. The number of ether oxygens (including phenoxy) is 1. The summed E-state index contributed by atoms with van der Waals surface area (Å²) < 4.78 is 5.12. The summed E-state index contributed by atoms with van der Waals surface area (Å²) in [5.41, 5.74) is 1.21. The molecule has 11 nitrogen and oxygen atoms in total. The lowest BCUT2D eigenvalue weighted by Gasteiger charge is -2.23. The molecule has 0 fully saturated rings. The number of rotatable bonds is 6. The van der Waals surface area contributed by atoms with Crippen molar-refractivity contribution in [1.82, 2.24) is 9.97 Å². The summed E-state index contributed by atoms with van der Waals surface area (Å²) >= 11 is 0. The van der Waals surface area contributed by atoms with Crippen molar-refractivity contribution in [3.05, 3.63) is 64.4 Å². The van der Waals surface area contributed by atoms with Gasteiger partial charge < -0.3 is 26.0 Å². The Labute approximate surface area is 193 Å². The smallest absolute Gasteiger partial charge is 0.258 e. The van der Waals surface area contributed by atoms with E-state index in [1.165, 1.54) is 6.92 Å². The Morgan fingerprint density at radius 3 is 2.21 bits per heavy atom. The maximum absolute atomic E-state index is 13.0. The van der Waals surface area contributed by atoms with E-state index < -0.39 is 23.3 Å². The van der Waals surface area contributed by atoms with Crippen LogP contribution in [0.3, 0.4) is 0 Å². The number of fused-ring (bicyclic) bond motifs is 1. The predicted octanol–water partition coefficient (Wildman–Crippen LogP) is 2.54. The highest BCUT2D eigenvalue weighted by atomic mass is 16.5. The summed E-state index contributed by atoms with van der Waals surface area (Å²) in [4.78, 5) is 56.2. The van der Waals surface area contributed by atoms with Gasteiger partial charge >= 0.3 is 0 Å². The summed E-state index contributed by atoms with van der Waals surface area (Å²) in [6.07, 6.45) is -0.196. The van der Waals surface area contributed by atoms with Crippen molar-refractivity contribution in [1.29, 1.82) is 0 Å². The van der Waals surface area contributed by atoms with Gasteiger partial charge in [0.25, 0.3) is 5.56 Å². The van der Waals surface area contributed by atoms with Crippen LogP contribution in [0.25, 0.3) is 0 Å². The largest absolute Gasteiger partial charge is 0.497 e. The molecule has 0 saturated heterocycles. The average molecular weight is 462 g/mol. The van der Waals surface area contributed by atoms with Crippen LogP contribution in [0, 0.1) is 0 Å². The van der Waals surface area contributed by atoms with Crippen LogP contribution in [0.4, 0.5) is 28.8 Å². The van der Waals surface area contributed by atoms with Crippen molar-refractivity contribution in [2.45, 2.75) is 19.3 Å². The van der Waals surface area contributed by atoms with Gasteiger partial charge in [-0.15, -0.1) is 0 Å². The highest BCUT2D eigenvalue weighted by Gasteiger charge is 2.34. The van der Waals surface area contributed by atoms with E-state index in [0.717, 1.165) is 0 Å². The highest BCUT2D eigenvalue weighted by Crippen LogP contribution is 2.30. The lowest BCUT2D eigenvalue weighted by molar-refractivity contribution is -0.123. The number of hydrogen-bond donors (Lipinski definition) is 5. The molecule has 0 bridgehead atoms. The molecule has 0 aliphatic carbocycles. The molecule has 174 valence electrons. The molecule has 1 aromatic heterocycles. The number of carbonyl (C=O) groups excluding carboxylic acids is 3. The van der Waals surface area contributed by atoms with Gasteiger partial charge in [-0.1, -0.05) is 0 Å². The number of nitrogens with zero attached hydrogens (tertiary/aromatic N) is 1. The zero-order valence-electron chi connectivity index (χ0n) is 18.4. The molecule has 3 amide bonds. The number of anilines is 5. The third-order valence-electron chi connectivity index (χ3n) is 5.09. The molecule has 0 radical (unpaired) electrons. The molecule has 2 aromatic carbocycles. The number of benzene rings is 2. The van der Waals surface area contributed by atoms with E-state index in [4.69, 9.17) is 4.74 Å². The van der Waals surface area contributed by atoms with Crippen LogP contribution in [0.2, 0.25) is 0 Å². The van der Waals surface area contributed by atoms with Gasteiger partial charge in [0, 0.05) is 30.4 Å². The summed E-state index contributed by atoms with van der Waals surface area (Å²) in [6, 6.07) is 13.4. The van der Waals surface area contributed by atoms with Crippen molar-refractivity contribution in [2.24, 2.45) is 0 Å². The molecule has 2 heterocycles. The fraction of sp³-hybridized carbons (Fsp3) is 0.174. The molecule has 3 aromatic rings. The zero-order valence-corrected chi connectivity index (χ0v) is 18.4. The maximum atomic E-state index is 13.0. The van der Waals surface area contributed by atoms with Gasteiger partial charge in [0.2, 0.25) is 23.7 Å². The van der Waals surface area contributed by atoms with E-state index in [1.54, 1.807) is 55.6 Å². The topological polar surface area (TPSA) is 154 Å². The van der Waals surface area contributed by atoms with Crippen LogP contribution in [-0.2, 0) is 14.4 Å². The molecule has 1 unspecified atom stereocenters. The van der Waals surface area contributed by atoms with Crippen LogP contribution in [0.5, 0.6) is 5.75 Å². The zero-order chi connectivity index (χ0) is 24.2. The Hall–Kier alpha value is -4.67. The summed E-state index contributed by atoms with van der Waals surface area (Å²) in [5.74, 6) is -1.38. The van der Waals surface area contributed by atoms with Gasteiger partial charge in [0.05, 0.1) is 18.6 Å².